The summed E-state index contributed by atoms with van der Waals surface area (Å²) < 4.78 is 1.95. The molecule has 20 heavy (non-hydrogen) atoms. The van der Waals surface area contributed by atoms with Crippen molar-refractivity contribution < 1.29 is 4.79 Å². The molecule has 1 fully saturated rings. The maximum atomic E-state index is 11.9. The second kappa shape index (κ2) is 5.63. The molecule has 5 heteroatoms. The molecule has 1 aliphatic carbocycles. The van der Waals surface area contributed by atoms with Crippen LogP contribution in [0.5, 0.6) is 0 Å². The number of nitrogens with one attached hydrogen (secondary N) is 1. The van der Waals surface area contributed by atoms with E-state index in [1.807, 2.05) is 35.0 Å². The zero-order valence-corrected chi connectivity index (χ0v) is 11.5. The van der Waals surface area contributed by atoms with Crippen molar-refractivity contribution in [3.63, 3.8) is 0 Å². The fourth-order valence-electron chi connectivity index (χ4n) is 2.89. The first kappa shape index (κ1) is 13.1. The molecule has 0 unspecified atom stereocenters. The van der Waals surface area contributed by atoms with Gasteiger partial charge in [-0.25, -0.2) is 4.98 Å². The molecule has 2 heterocycles. The number of pyridine rings is 1. The summed E-state index contributed by atoms with van der Waals surface area (Å²) in [5, 5.41) is 2.94. The molecule has 1 saturated carbocycles. The van der Waals surface area contributed by atoms with E-state index in [2.05, 4.69) is 10.3 Å². The predicted octanol–water partition coefficient (Wildman–Crippen LogP) is 1.47. The van der Waals surface area contributed by atoms with Crippen molar-refractivity contribution in [3.05, 3.63) is 36.3 Å². The molecule has 0 aromatic carbocycles. The largest absolute Gasteiger partial charge is 0.350 e. The number of aromatic nitrogens is 2. The van der Waals surface area contributed by atoms with Crippen LogP contribution in [0.3, 0.4) is 0 Å². The smallest absolute Gasteiger partial charge is 0.220 e. The summed E-state index contributed by atoms with van der Waals surface area (Å²) in [5.74, 6) is 0.417. The SMILES string of the molecule is N[C@@H]1CCC[C@H]1CC(=O)NCc1cn2ccccc2n1. The second-order valence-electron chi connectivity index (χ2n) is 5.53. The highest BCUT2D eigenvalue weighted by Crippen LogP contribution is 2.26. The van der Waals surface area contributed by atoms with Crippen LogP contribution in [0.4, 0.5) is 0 Å². The van der Waals surface area contributed by atoms with Crippen LogP contribution in [0.15, 0.2) is 30.6 Å². The van der Waals surface area contributed by atoms with Crippen molar-refractivity contribution in [1.82, 2.24) is 14.7 Å². The fourth-order valence-corrected chi connectivity index (χ4v) is 2.89. The van der Waals surface area contributed by atoms with Crippen LogP contribution in [-0.4, -0.2) is 21.3 Å². The zero-order chi connectivity index (χ0) is 13.9. The molecule has 1 amide bonds. The minimum atomic E-state index is 0.0735. The van der Waals surface area contributed by atoms with Crippen molar-refractivity contribution in [2.24, 2.45) is 11.7 Å². The summed E-state index contributed by atoms with van der Waals surface area (Å²) in [6, 6.07) is 6.05. The lowest BCUT2D eigenvalue weighted by molar-refractivity contribution is -0.122. The highest BCUT2D eigenvalue weighted by Gasteiger charge is 2.25. The first-order valence-electron chi connectivity index (χ1n) is 7.17. The molecular weight excluding hydrogens is 252 g/mol. The lowest BCUT2D eigenvalue weighted by Crippen LogP contribution is -2.31. The van der Waals surface area contributed by atoms with Gasteiger partial charge in [-0.05, 0) is 30.9 Å². The minimum absolute atomic E-state index is 0.0735. The van der Waals surface area contributed by atoms with Crippen molar-refractivity contribution in [2.75, 3.05) is 0 Å². The molecule has 0 radical (unpaired) electrons. The summed E-state index contributed by atoms with van der Waals surface area (Å²) in [6.45, 7) is 0.475. The highest BCUT2D eigenvalue weighted by molar-refractivity contribution is 5.76. The molecular formula is C15H20N4O. The van der Waals surface area contributed by atoms with Gasteiger partial charge in [0.25, 0.3) is 0 Å². The van der Waals surface area contributed by atoms with Crippen LogP contribution in [0.2, 0.25) is 0 Å². The van der Waals surface area contributed by atoms with E-state index in [-0.39, 0.29) is 11.9 Å². The van der Waals surface area contributed by atoms with Crippen molar-refractivity contribution in [2.45, 2.75) is 38.3 Å². The number of amides is 1. The molecule has 1 aliphatic rings. The van der Waals surface area contributed by atoms with Gasteiger partial charge >= 0.3 is 0 Å². The van der Waals surface area contributed by atoms with Gasteiger partial charge in [0, 0.05) is 24.9 Å². The first-order valence-corrected chi connectivity index (χ1v) is 7.17. The third-order valence-corrected chi connectivity index (χ3v) is 4.05. The molecule has 0 saturated heterocycles. The van der Waals surface area contributed by atoms with Gasteiger partial charge in [0.05, 0.1) is 12.2 Å². The van der Waals surface area contributed by atoms with Gasteiger partial charge in [0.2, 0.25) is 5.91 Å². The Balaban J connectivity index is 1.54. The molecule has 106 valence electrons. The third-order valence-electron chi connectivity index (χ3n) is 4.05. The van der Waals surface area contributed by atoms with Crippen LogP contribution in [0.1, 0.15) is 31.4 Å². The zero-order valence-electron chi connectivity index (χ0n) is 11.5. The molecule has 5 nitrogen and oxygen atoms in total. The maximum Gasteiger partial charge on any atom is 0.220 e. The number of fused-ring (bicyclic) bond motifs is 1. The van der Waals surface area contributed by atoms with Gasteiger partial charge in [-0.3, -0.25) is 4.79 Å². The van der Waals surface area contributed by atoms with Crippen LogP contribution in [0, 0.1) is 5.92 Å². The Hall–Kier alpha value is -1.88. The summed E-state index contributed by atoms with van der Waals surface area (Å²) in [5.41, 5.74) is 7.76. The molecule has 2 aromatic heterocycles. The Morgan fingerprint density at radius 3 is 3.10 bits per heavy atom. The normalized spacial score (nSPS) is 22.2. The summed E-state index contributed by atoms with van der Waals surface area (Å²) in [7, 11) is 0. The number of imidazole rings is 1. The number of hydrogen-bond donors (Lipinski definition) is 2. The Morgan fingerprint density at radius 1 is 1.45 bits per heavy atom. The number of nitrogens with zero attached hydrogens (tertiary/aromatic N) is 2. The Labute approximate surface area is 118 Å². The highest BCUT2D eigenvalue weighted by atomic mass is 16.1. The molecule has 0 spiro atoms. The molecule has 3 N–H and O–H groups in total. The first-order chi connectivity index (χ1) is 9.72. The van der Waals surface area contributed by atoms with E-state index >= 15 is 0 Å². The lowest BCUT2D eigenvalue weighted by atomic mass is 10.00. The van der Waals surface area contributed by atoms with Crippen molar-refractivity contribution in [3.8, 4) is 0 Å². The van der Waals surface area contributed by atoms with Gasteiger partial charge in [-0.15, -0.1) is 0 Å². The lowest BCUT2D eigenvalue weighted by Gasteiger charge is -2.14. The number of carbonyl (C=O) groups is 1. The topological polar surface area (TPSA) is 72.4 Å². The van der Waals surface area contributed by atoms with E-state index in [9.17, 15) is 4.79 Å². The number of rotatable bonds is 4. The fraction of sp³-hybridized carbons (Fsp3) is 0.467. The van der Waals surface area contributed by atoms with Gasteiger partial charge in [-0.1, -0.05) is 12.5 Å². The van der Waals surface area contributed by atoms with E-state index in [0.29, 0.717) is 18.9 Å². The quantitative estimate of drug-likeness (QED) is 0.885. The maximum absolute atomic E-state index is 11.9. The van der Waals surface area contributed by atoms with Crippen molar-refractivity contribution >= 4 is 11.6 Å². The van der Waals surface area contributed by atoms with Crippen LogP contribution in [0.25, 0.3) is 5.65 Å². The van der Waals surface area contributed by atoms with Gasteiger partial charge in [0.15, 0.2) is 0 Å². The minimum Gasteiger partial charge on any atom is -0.350 e. The van der Waals surface area contributed by atoms with Crippen LogP contribution >= 0.6 is 0 Å². The molecule has 0 aliphatic heterocycles. The van der Waals surface area contributed by atoms with E-state index in [1.54, 1.807) is 0 Å². The Bertz CT molecular complexity index is 574. The monoisotopic (exact) mass is 272 g/mol. The van der Waals surface area contributed by atoms with Crippen LogP contribution < -0.4 is 11.1 Å². The molecule has 3 rings (SSSR count). The number of hydrogen-bond acceptors (Lipinski definition) is 3. The molecule has 0 bridgehead atoms. The predicted molar refractivity (Wildman–Crippen MR) is 77.0 cm³/mol. The van der Waals surface area contributed by atoms with E-state index in [4.69, 9.17) is 5.73 Å². The average Bonchev–Trinajstić information content (AvgIpc) is 3.03. The third kappa shape index (κ3) is 2.82. The second-order valence-corrected chi connectivity index (χ2v) is 5.53. The van der Waals surface area contributed by atoms with Crippen molar-refractivity contribution in [1.29, 1.82) is 0 Å². The number of carbonyl (C=O) groups excluding carboxylic acids is 1. The van der Waals surface area contributed by atoms with Gasteiger partial charge in [0.1, 0.15) is 5.65 Å². The molecule has 2 aromatic rings. The summed E-state index contributed by atoms with van der Waals surface area (Å²) in [6.07, 6.45) is 7.69. The summed E-state index contributed by atoms with van der Waals surface area (Å²) >= 11 is 0. The van der Waals surface area contributed by atoms with E-state index in [1.165, 1.54) is 0 Å². The standard InChI is InChI=1S/C15H20N4O/c16-13-5-3-4-11(13)8-15(20)17-9-12-10-19-7-2-1-6-14(19)18-12/h1-2,6-7,10-11,13H,3-5,8-9,16H2,(H,17,20)/t11-,13+/m0/s1. The Morgan fingerprint density at radius 2 is 2.35 bits per heavy atom. The van der Waals surface area contributed by atoms with E-state index in [0.717, 1.165) is 30.6 Å². The van der Waals surface area contributed by atoms with Crippen LogP contribution in [-0.2, 0) is 11.3 Å². The summed E-state index contributed by atoms with van der Waals surface area (Å²) in [4.78, 5) is 16.4. The molecule has 2 atom stereocenters. The Kier molecular flexibility index (Phi) is 3.69. The average molecular weight is 272 g/mol. The van der Waals surface area contributed by atoms with E-state index < -0.39 is 0 Å². The number of nitrogens with two attached hydrogens (primary N) is 1. The van der Waals surface area contributed by atoms with Gasteiger partial charge in [-0.2, -0.15) is 0 Å². The van der Waals surface area contributed by atoms with Gasteiger partial charge < -0.3 is 15.5 Å².